The van der Waals surface area contributed by atoms with Crippen molar-refractivity contribution in [3.63, 3.8) is 0 Å². The molecule has 0 aliphatic carbocycles. The zero-order valence-electron chi connectivity index (χ0n) is 12.7. The minimum Gasteiger partial charge on any atom is -0.383 e. The number of aryl methyl sites for hydroxylation is 1. The Bertz CT molecular complexity index is 522. The maximum atomic E-state index is 12.4. The summed E-state index contributed by atoms with van der Waals surface area (Å²) in [5.74, 6) is 0.0682. The number of ether oxygens (including phenoxy) is 1. The summed E-state index contributed by atoms with van der Waals surface area (Å²) >= 11 is 0. The number of nitrogens with two attached hydrogens (primary N) is 1. The van der Waals surface area contributed by atoms with Crippen molar-refractivity contribution in [1.29, 1.82) is 0 Å². The predicted octanol–water partition coefficient (Wildman–Crippen LogP) is -0.573. The summed E-state index contributed by atoms with van der Waals surface area (Å²) in [5.41, 5.74) is 5.66. The van der Waals surface area contributed by atoms with Gasteiger partial charge in [0.1, 0.15) is 12.1 Å². The zero-order valence-corrected chi connectivity index (χ0v) is 13.5. The lowest BCUT2D eigenvalue weighted by Gasteiger charge is -2.31. The van der Waals surface area contributed by atoms with Crippen LogP contribution in [0.4, 0.5) is 5.82 Å². The summed E-state index contributed by atoms with van der Waals surface area (Å²) in [6.45, 7) is 0.725. The fourth-order valence-corrected chi connectivity index (χ4v) is 2.32. The molecule has 1 aliphatic heterocycles. The average Bonchev–Trinajstić information content (AvgIpc) is 2.87. The van der Waals surface area contributed by atoms with E-state index in [-0.39, 0.29) is 30.8 Å². The molecule has 3 N–H and O–H groups in total. The van der Waals surface area contributed by atoms with E-state index in [1.54, 1.807) is 28.9 Å². The first-order valence-electron chi connectivity index (χ1n) is 6.89. The number of carbonyl (C=O) groups is 2. The van der Waals surface area contributed by atoms with Crippen molar-refractivity contribution in [1.82, 2.24) is 15.1 Å². The van der Waals surface area contributed by atoms with Crippen LogP contribution in [0.25, 0.3) is 0 Å². The Morgan fingerprint density at radius 2 is 2.36 bits per heavy atom. The van der Waals surface area contributed by atoms with Crippen LogP contribution in [0.2, 0.25) is 0 Å². The van der Waals surface area contributed by atoms with Crippen molar-refractivity contribution in [2.45, 2.75) is 24.9 Å². The van der Waals surface area contributed by atoms with Gasteiger partial charge in [-0.3, -0.25) is 19.2 Å². The number of nitrogens with zero attached hydrogens (tertiary/aromatic N) is 3. The molecule has 0 aromatic carbocycles. The highest BCUT2D eigenvalue weighted by Crippen LogP contribution is 2.19. The van der Waals surface area contributed by atoms with Crippen molar-refractivity contribution in [2.75, 3.05) is 25.2 Å². The number of nitrogens with one attached hydrogen (secondary N) is 1. The molecular weight excluding hydrogens is 310 g/mol. The smallest absolute Gasteiger partial charge is 0.250 e. The van der Waals surface area contributed by atoms with E-state index in [0.29, 0.717) is 18.8 Å². The molecule has 2 amide bonds. The third-order valence-corrected chi connectivity index (χ3v) is 3.41. The number of aromatic nitrogens is 2. The molecule has 2 atom stereocenters. The summed E-state index contributed by atoms with van der Waals surface area (Å²) in [7, 11) is 3.27. The van der Waals surface area contributed by atoms with Crippen LogP contribution in [0.15, 0.2) is 12.3 Å². The van der Waals surface area contributed by atoms with Gasteiger partial charge in [-0.05, 0) is 12.8 Å². The fraction of sp³-hybridized carbons (Fsp3) is 0.615. The summed E-state index contributed by atoms with van der Waals surface area (Å²) in [5, 5.41) is 6.92. The van der Waals surface area contributed by atoms with Crippen LogP contribution in [0.1, 0.15) is 12.8 Å². The lowest BCUT2D eigenvalue weighted by Crippen LogP contribution is -2.56. The lowest BCUT2D eigenvalue weighted by molar-refractivity contribution is -0.129. The molecule has 2 heterocycles. The molecule has 0 spiro atoms. The van der Waals surface area contributed by atoms with Crippen LogP contribution in [0.3, 0.4) is 0 Å². The molecule has 1 saturated heterocycles. The van der Waals surface area contributed by atoms with Gasteiger partial charge < -0.3 is 15.8 Å². The van der Waals surface area contributed by atoms with Gasteiger partial charge in [-0.25, -0.2) is 0 Å². The van der Waals surface area contributed by atoms with E-state index in [1.807, 2.05) is 0 Å². The molecule has 2 rings (SSSR count). The Morgan fingerprint density at radius 1 is 1.64 bits per heavy atom. The minimum atomic E-state index is -0.770. The molecule has 124 valence electrons. The van der Waals surface area contributed by atoms with E-state index in [1.165, 1.54) is 7.11 Å². The normalized spacial score (nSPS) is 19.5. The first-order valence-corrected chi connectivity index (χ1v) is 6.89. The van der Waals surface area contributed by atoms with E-state index >= 15 is 0 Å². The number of piperidine rings is 1. The van der Waals surface area contributed by atoms with Gasteiger partial charge in [0.25, 0.3) is 5.91 Å². The zero-order chi connectivity index (χ0) is 15.4. The Kier molecular flexibility index (Phi) is 6.79. The number of amides is 2. The molecule has 22 heavy (non-hydrogen) atoms. The number of halogens is 1. The average molecular weight is 332 g/mol. The highest BCUT2D eigenvalue weighted by Gasteiger charge is 2.32. The maximum Gasteiger partial charge on any atom is 0.250 e. The first-order chi connectivity index (χ1) is 10.0. The van der Waals surface area contributed by atoms with Crippen molar-refractivity contribution in [3.8, 4) is 0 Å². The number of methoxy groups -OCH3 is 1. The van der Waals surface area contributed by atoms with Crippen molar-refractivity contribution >= 4 is 30.0 Å². The van der Waals surface area contributed by atoms with Gasteiger partial charge in [0, 0.05) is 33.0 Å². The van der Waals surface area contributed by atoms with Crippen LogP contribution in [0, 0.1) is 0 Å². The van der Waals surface area contributed by atoms with Crippen LogP contribution in [-0.4, -0.2) is 53.9 Å². The molecule has 1 aliphatic rings. The molecule has 0 saturated carbocycles. The fourth-order valence-electron chi connectivity index (χ4n) is 2.32. The molecule has 1 fully saturated rings. The van der Waals surface area contributed by atoms with Crippen LogP contribution >= 0.6 is 12.4 Å². The summed E-state index contributed by atoms with van der Waals surface area (Å²) in [4.78, 5) is 25.9. The SMILES string of the molecule is COCC(N)C(=O)NC1CCCN(c2ccn(C)n2)C1=O.Cl. The topological polar surface area (TPSA) is 102 Å². The van der Waals surface area contributed by atoms with E-state index in [0.717, 1.165) is 6.42 Å². The van der Waals surface area contributed by atoms with Crippen molar-refractivity contribution in [3.05, 3.63) is 12.3 Å². The van der Waals surface area contributed by atoms with Crippen LogP contribution < -0.4 is 16.0 Å². The highest BCUT2D eigenvalue weighted by molar-refractivity contribution is 5.99. The second-order valence-corrected chi connectivity index (χ2v) is 5.10. The molecule has 0 radical (unpaired) electrons. The van der Waals surface area contributed by atoms with Gasteiger partial charge in [-0.15, -0.1) is 12.4 Å². The van der Waals surface area contributed by atoms with Gasteiger partial charge >= 0.3 is 0 Å². The molecule has 2 unspecified atom stereocenters. The van der Waals surface area contributed by atoms with Crippen molar-refractivity contribution in [2.24, 2.45) is 12.8 Å². The quantitative estimate of drug-likeness (QED) is 0.752. The molecule has 8 nitrogen and oxygen atoms in total. The Morgan fingerprint density at radius 3 is 2.95 bits per heavy atom. The van der Waals surface area contributed by atoms with Gasteiger partial charge in [0.15, 0.2) is 5.82 Å². The summed E-state index contributed by atoms with van der Waals surface area (Å²) in [6, 6.07) is 0.447. The Labute approximate surface area is 135 Å². The minimum absolute atomic E-state index is 0. The van der Waals surface area contributed by atoms with Crippen LogP contribution in [-0.2, 0) is 21.4 Å². The standard InChI is InChI=1S/C13H21N5O3.ClH/c1-17-7-5-11(16-17)18-6-3-4-10(13(18)20)15-12(19)9(14)8-21-2;/h5,7,9-10H,3-4,6,8,14H2,1-2H3,(H,15,19);1H. The number of carbonyl (C=O) groups excluding carboxylic acids is 2. The third-order valence-electron chi connectivity index (χ3n) is 3.41. The molecule has 1 aromatic heterocycles. The van der Waals surface area contributed by atoms with Gasteiger partial charge in [0.2, 0.25) is 5.91 Å². The molecular formula is C13H22ClN5O3. The van der Waals surface area contributed by atoms with Gasteiger partial charge in [-0.1, -0.05) is 0 Å². The van der Waals surface area contributed by atoms with Crippen LogP contribution in [0.5, 0.6) is 0 Å². The first kappa shape index (κ1) is 18.4. The number of hydrogen-bond donors (Lipinski definition) is 2. The molecule has 0 bridgehead atoms. The largest absolute Gasteiger partial charge is 0.383 e. The van der Waals surface area contributed by atoms with E-state index < -0.39 is 12.1 Å². The Hall–Kier alpha value is -1.64. The summed E-state index contributed by atoms with van der Waals surface area (Å²) in [6.07, 6.45) is 3.18. The van der Waals surface area contributed by atoms with E-state index in [9.17, 15) is 9.59 Å². The van der Waals surface area contributed by atoms with E-state index in [2.05, 4.69) is 10.4 Å². The van der Waals surface area contributed by atoms with Crippen molar-refractivity contribution < 1.29 is 14.3 Å². The second-order valence-electron chi connectivity index (χ2n) is 5.10. The third kappa shape index (κ3) is 4.19. The number of rotatable bonds is 5. The molecule has 9 heteroatoms. The molecule has 1 aromatic rings. The lowest BCUT2D eigenvalue weighted by atomic mass is 10.0. The highest BCUT2D eigenvalue weighted by atomic mass is 35.5. The monoisotopic (exact) mass is 331 g/mol. The second kappa shape index (κ2) is 8.11. The predicted molar refractivity (Wildman–Crippen MR) is 83.8 cm³/mol. The maximum absolute atomic E-state index is 12.4. The Balaban J connectivity index is 0.00000242. The van der Waals surface area contributed by atoms with Gasteiger partial charge in [0.05, 0.1) is 6.61 Å². The number of anilines is 1. The van der Waals surface area contributed by atoms with E-state index in [4.69, 9.17) is 10.5 Å². The van der Waals surface area contributed by atoms with Gasteiger partial charge in [-0.2, -0.15) is 5.10 Å². The number of hydrogen-bond acceptors (Lipinski definition) is 5. The summed E-state index contributed by atoms with van der Waals surface area (Å²) < 4.78 is 6.48.